The average Bonchev–Trinajstić information content (AvgIpc) is 3.18. The van der Waals surface area contributed by atoms with Gasteiger partial charge in [-0.15, -0.1) is 0 Å². The summed E-state index contributed by atoms with van der Waals surface area (Å²) >= 11 is 0. The zero-order valence-corrected chi connectivity index (χ0v) is 25.7. The van der Waals surface area contributed by atoms with Crippen LogP contribution >= 0.6 is 0 Å². The van der Waals surface area contributed by atoms with Crippen molar-refractivity contribution >= 4 is 39.4 Å². The van der Waals surface area contributed by atoms with Gasteiger partial charge in [0.15, 0.2) is 0 Å². The number of pyridine rings is 1. The molecule has 1 aliphatic heterocycles. The number of carbonyl (C=O) groups is 3. The third-order valence-electron chi connectivity index (χ3n) is 8.93. The highest BCUT2D eigenvalue weighted by Crippen LogP contribution is 2.40. The molecule has 240 valence electrons. The molecular formula is C37H33F3N4O3. The van der Waals surface area contributed by atoms with E-state index < -0.39 is 47.6 Å². The van der Waals surface area contributed by atoms with Crippen LogP contribution in [0, 0.1) is 0 Å². The molecule has 2 N–H and O–H groups in total. The Balaban J connectivity index is 1.43. The first-order valence-electron chi connectivity index (χ1n) is 15.4. The number of rotatable bonds is 7. The molecule has 47 heavy (non-hydrogen) atoms. The van der Waals surface area contributed by atoms with Crippen molar-refractivity contribution < 1.29 is 27.6 Å². The van der Waals surface area contributed by atoms with Crippen LogP contribution in [-0.4, -0.2) is 51.1 Å². The van der Waals surface area contributed by atoms with Crippen molar-refractivity contribution in [3.05, 3.63) is 126 Å². The largest absolute Gasteiger partial charge is 0.416 e. The number of amides is 3. The fraction of sp³-hybridized carbons (Fsp3) is 0.243. The number of aromatic nitrogens is 1. The van der Waals surface area contributed by atoms with Crippen molar-refractivity contribution in [2.45, 2.75) is 50.5 Å². The highest BCUT2D eigenvalue weighted by atomic mass is 19.4. The Labute approximate surface area is 269 Å². The molecule has 2 heterocycles. The quantitative estimate of drug-likeness (QED) is 0.228. The lowest BCUT2D eigenvalue weighted by Crippen LogP contribution is -2.52. The molecule has 3 atom stereocenters. The first-order valence-corrected chi connectivity index (χ1v) is 15.4. The molecule has 1 aromatic heterocycles. The number of nitrogens with two attached hydrogens (primary N) is 1. The second-order valence-corrected chi connectivity index (χ2v) is 11.9. The Kier molecular flexibility index (Phi) is 8.68. The first kappa shape index (κ1) is 31.7. The fourth-order valence-electron chi connectivity index (χ4n) is 6.63. The lowest BCUT2D eigenvalue weighted by molar-refractivity contribution is -0.150. The van der Waals surface area contributed by atoms with Crippen molar-refractivity contribution in [3.63, 3.8) is 0 Å². The van der Waals surface area contributed by atoms with Gasteiger partial charge in [-0.2, -0.15) is 13.2 Å². The first-order chi connectivity index (χ1) is 22.5. The number of nitrogens with zero attached hydrogens (tertiary/aromatic N) is 3. The summed E-state index contributed by atoms with van der Waals surface area (Å²) in [6, 6.07) is 23.5. The lowest BCUT2D eigenvalue weighted by atomic mass is 9.94. The number of hydrogen-bond acceptors (Lipinski definition) is 4. The van der Waals surface area contributed by atoms with Gasteiger partial charge < -0.3 is 15.5 Å². The van der Waals surface area contributed by atoms with Crippen molar-refractivity contribution in [2.75, 3.05) is 6.54 Å². The molecule has 0 saturated carbocycles. The molecule has 0 radical (unpaired) electrons. The van der Waals surface area contributed by atoms with E-state index in [1.54, 1.807) is 31.3 Å². The standard InChI is InChI=1S/C37H33F3N4O3/c1-23-17-19-43(32(35(41)46)22-26-10-6-9-25-8-2-3-12-28(25)26)36(47)34(29-13-4-5-14-30(29)37(38,39)40)44(23)33(45)21-24-15-16-31-27(20-24)11-7-18-42-31/h2-16,18,20,23,32,34H,17,19,21-22H2,1H3,(H2,41,46)/t23-,32?,34+/m1/s1. The zero-order valence-electron chi connectivity index (χ0n) is 25.7. The average molecular weight is 639 g/mol. The zero-order chi connectivity index (χ0) is 33.3. The van der Waals surface area contributed by atoms with Crippen LogP contribution in [0.2, 0.25) is 0 Å². The van der Waals surface area contributed by atoms with Crippen LogP contribution in [0.15, 0.2) is 103 Å². The summed E-state index contributed by atoms with van der Waals surface area (Å²) in [5.74, 6) is -2.08. The summed E-state index contributed by atoms with van der Waals surface area (Å²) in [5, 5.41) is 2.61. The number of halogens is 3. The van der Waals surface area contributed by atoms with E-state index in [1.807, 2.05) is 54.6 Å². The summed E-state index contributed by atoms with van der Waals surface area (Å²) in [6.45, 7) is 1.74. The molecule has 1 saturated heterocycles. The third kappa shape index (κ3) is 6.40. The number of benzene rings is 4. The minimum absolute atomic E-state index is 0.0223. The monoisotopic (exact) mass is 638 g/mol. The topological polar surface area (TPSA) is 96.6 Å². The molecule has 0 spiro atoms. The molecule has 1 fully saturated rings. The van der Waals surface area contributed by atoms with E-state index >= 15 is 0 Å². The molecule has 5 aromatic rings. The Hall–Kier alpha value is -5.25. The maximum atomic E-state index is 14.7. The van der Waals surface area contributed by atoms with Gasteiger partial charge in [0.2, 0.25) is 11.8 Å². The van der Waals surface area contributed by atoms with Gasteiger partial charge in [-0.05, 0) is 65.1 Å². The number of carbonyl (C=O) groups excluding carboxylic acids is 3. The molecule has 7 nitrogen and oxygen atoms in total. The van der Waals surface area contributed by atoms with Crippen LogP contribution in [0.25, 0.3) is 21.7 Å². The summed E-state index contributed by atoms with van der Waals surface area (Å²) in [7, 11) is 0. The van der Waals surface area contributed by atoms with Crippen LogP contribution in [0.3, 0.4) is 0 Å². The highest BCUT2D eigenvalue weighted by molar-refractivity contribution is 5.95. The minimum atomic E-state index is -4.80. The number of hydrogen-bond donors (Lipinski definition) is 1. The highest BCUT2D eigenvalue weighted by Gasteiger charge is 2.46. The van der Waals surface area contributed by atoms with Crippen LogP contribution in [0.1, 0.15) is 41.6 Å². The number of fused-ring (bicyclic) bond motifs is 2. The number of alkyl halides is 3. The van der Waals surface area contributed by atoms with Crippen LogP contribution in [0.4, 0.5) is 13.2 Å². The van der Waals surface area contributed by atoms with Gasteiger partial charge in [-0.25, -0.2) is 0 Å². The van der Waals surface area contributed by atoms with Crippen LogP contribution < -0.4 is 5.73 Å². The summed E-state index contributed by atoms with van der Waals surface area (Å²) in [4.78, 5) is 48.7. The molecule has 0 bridgehead atoms. The van der Waals surface area contributed by atoms with Crippen molar-refractivity contribution in [2.24, 2.45) is 5.73 Å². The Morgan fingerprint density at radius 3 is 2.45 bits per heavy atom. The Bertz CT molecular complexity index is 1970. The van der Waals surface area contributed by atoms with Crippen molar-refractivity contribution in [1.82, 2.24) is 14.8 Å². The van der Waals surface area contributed by atoms with Gasteiger partial charge in [0.05, 0.1) is 17.5 Å². The van der Waals surface area contributed by atoms with Gasteiger partial charge in [-0.1, -0.05) is 72.8 Å². The van der Waals surface area contributed by atoms with E-state index in [9.17, 15) is 27.6 Å². The summed E-state index contributed by atoms with van der Waals surface area (Å²) in [5.41, 5.74) is 6.69. The minimum Gasteiger partial charge on any atom is -0.368 e. The Morgan fingerprint density at radius 1 is 0.936 bits per heavy atom. The van der Waals surface area contributed by atoms with Gasteiger partial charge >= 0.3 is 6.18 Å². The SMILES string of the molecule is C[C@@H]1CCN(C(Cc2cccc3ccccc23)C(N)=O)C(=O)[C@H](c2ccccc2C(F)(F)F)N1C(=O)Cc1ccc2ncccc2c1. The second kappa shape index (κ2) is 12.9. The van der Waals surface area contributed by atoms with Crippen LogP contribution in [0.5, 0.6) is 0 Å². The van der Waals surface area contributed by atoms with Crippen molar-refractivity contribution in [3.8, 4) is 0 Å². The van der Waals surface area contributed by atoms with E-state index in [1.165, 1.54) is 28.0 Å². The maximum Gasteiger partial charge on any atom is 0.416 e. The Morgan fingerprint density at radius 2 is 1.66 bits per heavy atom. The van der Waals surface area contributed by atoms with Crippen molar-refractivity contribution in [1.29, 1.82) is 0 Å². The van der Waals surface area contributed by atoms with Gasteiger partial charge in [0.1, 0.15) is 12.1 Å². The summed E-state index contributed by atoms with van der Waals surface area (Å²) in [6.07, 6.45) is -3.01. The summed E-state index contributed by atoms with van der Waals surface area (Å²) < 4.78 is 43.4. The fourth-order valence-corrected chi connectivity index (χ4v) is 6.63. The van der Waals surface area contributed by atoms with E-state index in [0.717, 1.165) is 33.3 Å². The molecular weight excluding hydrogens is 605 g/mol. The molecule has 3 amide bonds. The number of primary amides is 1. The molecule has 1 unspecified atom stereocenters. The predicted molar refractivity (Wildman–Crippen MR) is 173 cm³/mol. The normalized spacial score (nSPS) is 17.9. The molecule has 4 aromatic carbocycles. The van der Waals surface area contributed by atoms with Crippen LogP contribution in [-0.2, 0) is 33.4 Å². The lowest BCUT2D eigenvalue weighted by Gasteiger charge is -2.37. The van der Waals surface area contributed by atoms with Gasteiger partial charge in [0, 0.05) is 30.6 Å². The molecule has 0 aliphatic carbocycles. The van der Waals surface area contributed by atoms with E-state index in [2.05, 4.69) is 4.98 Å². The second-order valence-electron chi connectivity index (χ2n) is 11.9. The van der Waals surface area contributed by atoms with E-state index in [0.29, 0.717) is 5.56 Å². The molecule has 6 rings (SSSR count). The molecule has 1 aliphatic rings. The molecule has 10 heteroatoms. The third-order valence-corrected chi connectivity index (χ3v) is 8.93. The smallest absolute Gasteiger partial charge is 0.368 e. The van der Waals surface area contributed by atoms with Gasteiger partial charge in [-0.3, -0.25) is 19.4 Å². The maximum absolute atomic E-state index is 14.7. The van der Waals surface area contributed by atoms with E-state index in [4.69, 9.17) is 5.73 Å². The van der Waals surface area contributed by atoms with Gasteiger partial charge in [0.25, 0.3) is 5.91 Å². The predicted octanol–water partition coefficient (Wildman–Crippen LogP) is 6.24. The van der Waals surface area contributed by atoms with E-state index in [-0.39, 0.29) is 31.4 Å².